The van der Waals surface area contributed by atoms with Gasteiger partial charge in [-0.25, -0.2) is 13.1 Å². The first kappa shape index (κ1) is 21.3. The van der Waals surface area contributed by atoms with Gasteiger partial charge in [0, 0.05) is 6.54 Å². The molecule has 2 aromatic carbocycles. The van der Waals surface area contributed by atoms with Gasteiger partial charge in [0.15, 0.2) is 0 Å². The number of nitrogens with one attached hydrogen (secondary N) is 1. The van der Waals surface area contributed by atoms with Crippen LogP contribution in [0.2, 0.25) is 0 Å². The van der Waals surface area contributed by atoms with Crippen molar-refractivity contribution in [1.29, 1.82) is 0 Å². The molecule has 2 aromatic rings. The van der Waals surface area contributed by atoms with E-state index in [4.69, 9.17) is 9.47 Å². The van der Waals surface area contributed by atoms with Gasteiger partial charge in [-0.2, -0.15) is 0 Å². The lowest BCUT2D eigenvalue weighted by molar-refractivity contribution is 0.242. The monoisotopic (exact) mass is 391 g/mol. The maximum absolute atomic E-state index is 12.6. The highest BCUT2D eigenvalue weighted by Crippen LogP contribution is 2.26. The second kappa shape index (κ2) is 9.24. The highest BCUT2D eigenvalue weighted by atomic mass is 32.2. The van der Waals surface area contributed by atoms with E-state index >= 15 is 0 Å². The molecule has 0 saturated heterocycles. The summed E-state index contributed by atoms with van der Waals surface area (Å²) in [6, 6.07) is 11.2. The minimum Gasteiger partial charge on any atom is -0.496 e. The van der Waals surface area contributed by atoms with Crippen molar-refractivity contribution in [2.24, 2.45) is 0 Å². The fourth-order valence-electron chi connectivity index (χ4n) is 2.91. The minimum absolute atomic E-state index is 0.128. The molecule has 0 fully saturated rings. The van der Waals surface area contributed by atoms with E-state index in [1.807, 2.05) is 45.0 Å². The molecule has 0 aromatic heterocycles. The second-order valence-electron chi connectivity index (χ2n) is 6.83. The molecule has 0 bridgehead atoms. The topological polar surface area (TPSA) is 64.6 Å². The van der Waals surface area contributed by atoms with Gasteiger partial charge in [0.25, 0.3) is 0 Å². The first-order valence-corrected chi connectivity index (χ1v) is 10.6. The molecule has 0 atom stereocenters. The number of methoxy groups -OCH3 is 1. The molecule has 0 aliphatic carbocycles. The van der Waals surface area contributed by atoms with Crippen LogP contribution in [0.3, 0.4) is 0 Å². The molecule has 0 spiro atoms. The van der Waals surface area contributed by atoms with Gasteiger partial charge in [0.2, 0.25) is 10.0 Å². The van der Waals surface area contributed by atoms with Gasteiger partial charge in [0.1, 0.15) is 11.5 Å². The Morgan fingerprint density at radius 3 is 2.48 bits per heavy atom. The maximum Gasteiger partial charge on any atom is 0.240 e. The number of hydrogen-bond donors (Lipinski definition) is 1. The second-order valence-corrected chi connectivity index (χ2v) is 8.57. The van der Waals surface area contributed by atoms with Gasteiger partial charge in [-0.05, 0) is 81.5 Å². The van der Waals surface area contributed by atoms with Crippen molar-refractivity contribution in [3.05, 3.63) is 53.1 Å². The van der Waals surface area contributed by atoms with Crippen LogP contribution >= 0.6 is 0 Å². The van der Waals surface area contributed by atoms with Crippen LogP contribution in [0, 0.1) is 13.8 Å². The molecule has 1 N–H and O–H groups in total. The Labute approximate surface area is 162 Å². The van der Waals surface area contributed by atoms with Gasteiger partial charge in [-0.3, -0.25) is 0 Å². The van der Waals surface area contributed by atoms with E-state index < -0.39 is 10.0 Å². The largest absolute Gasteiger partial charge is 0.496 e. The lowest BCUT2D eigenvalue weighted by Gasteiger charge is -2.14. The zero-order valence-corrected chi connectivity index (χ0v) is 17.5. The summed E-state index contributed by atoms with van der Waals surface area (Å²) in [6.07, 6.45) is 1.61. The number of benzene rings is 2. The van der Waals surface area contributed by atoms with Crippen molar-refractivity contribution >= 4 is 10.0 Å². The van der Waals surface area contributed by atoms with Crippen LogP contribution in [0.25, 0.3) is 0 Å². The standard InChI is InChI=1S/C21H29NO4S/c1-15(2)26-19-10-6-8-18(14-19)9-7-13-22-27(23,24)21-12-11-20(25-5)16(3)17(21)4/h6,8,10-12,14-15,22H,7,9,13H2,1-5H3. The molecular formula is C21H29NO4S. The summed E-state index contributed by atoms with van der Waals surface area (Å²) in [5, 5.41) is 0. The molecule has 6 heteroatoms. The first-order chi connectivity index (χ1) is 12.7. The van der Waals surface area contributed by atoms with E-state index in [0.29, 0.717) is 29.2 Å². The fourth-order valence-corrected chi connectivity index (χ4v) is 4.28. The van der Waals surface area contributed by atoms with E-state index in [-0.39, 0.29) is 6.10 Å². The SMILES string of the molecule is COc1ccc(S(=O)(=O)NCCCc2cccc(OC(C)C)c2)c(C)c1C. The van der Waals surface area contributed by atoms with Gasteiger partial charge in [-0.15, -0.1) is 0 Å². The average Bonchev–Trinajstić information content (AvgIpc) is 2.60. The average molecular weight is 392 g/mol. The quantitative estimate of drug-likeness (QED) is 0.656. The molecule has 0 heterocycles. The molecule has 2 rings (SSSR count). The Morgan fingerprint density at radius 2 is 1.81 bits per heavy atom. The number of aryl methyl sites for hydroxylation is 1. The predicted octanol–water partition coefficient (Wildman–Crippen LogP) is 4.01. The summed E-state index contributed by atoms with van der Waals surface area (Å²) in [4.78, 5) is 0.299. The van der Waals surface area contributed by atoms with Gasteiger partial charge in [0.05, 0.1) is 18.1 Å². The molecule has 27 heavy (non-hydrogen) atoms. The normalized spacial score (nSPS) is 11.6. The van der Waals surface area contributed by atoms with Crippen LogP contribution in [0.15, 0.2) is 41.3 Å². The van der Waals surface area contributed by atoms with Crippen molar-refractivity contribution in [2.45, 2.75) is 51.5 Å². The number of hydrogen-bond acceptors (Lipinski definition) is 4. The Balaban J connectivity index is 1.96. The zero-order valence-electron chi connectivity index (χ0n) is 16.7. The number of rotatable bonds is 9. The molecule has 0 aliphatic rings. The molecule has 0 aliphatic heterocycles. The smallest absolute Gasteiger partial charge is 0.240 e. The molecule has 148 valence electrons. The lowest BCUT2D eigenvalue weighted by atomic mass is 10.1. The highest BCUT2D eigenvalue weighted by Gasteiger charge is 2.18. The summed E-state index contributed by atoms with van der Waals surface area (Å²) in [5.74, 6) is 1.53. The van der Waals surface area contributed by atoms with Crippen molar-refractivity contribution in [1.82, 2.24) is 4.72 Å². The Morgan fingerprint density at radius 1 is 1.07 bits per heavy atom. The summed E-state index contributed by atoms with van der Waals surface area (Å²) >= 11 is 0. The molecule has 0 amide bonds. The Bertz CT molecular complexity index is 876. The molecule has 0 unspecified atom stereocenters. The first-order valence-electron chi connectivity index (χ1n) is 9.14. The summed E-state index contributed by atoms with van der Waals surface area (Å²) in [7, 11) is -1.97. The third-order valence-corrected chi connectivity index (χ3v) is 6.01. The van der Waals surface area contributed by atoms with Crippen LogP contribution < -0.4 is 14.2 Å². The molecule has 0 saturated carbocycles. The number of ether oxygens (including phenoxy) is 2. The van der Waals surface area contributed by atoms with E-state index in [1.54, 1.807) is 26.2 Å². The van der Waals surface area contributed by atoms with Crippen molar-refractivity contribution in [3.8, 4) is 11.5 Å². The van der Waals surface area contributed by atoms with Crippen LogP contribution in [-0.4, -0.2) is 28.2 Å². The fraction of sp³-hybridized carbons (Fsp3) is 0.429. The third kappa shape index (κ3) is 5.71. The third-order valence-electron chi connectivity index (χ3n) is 4.40. The van der Waals surface area contributed by atoms with Crippen LogP contribution in [0.1, 0.15) is 37.0 Å². The minimum atomic E-state index is -3.55. The lowest BCUT2D eigenvalue weighted by Crippen LogP contribution is -2.26. The van der Waals surface area contributed by atoms with Crippen molar-refractivity contribution in [3.63, 3.8) is 0 Å². The van der Waals surface area contributed by atoms with E-state index in [0.717, 1.165) is 23.3 Å². The van der Waals surface area contributed by atoms with E-state index in [1.165, 1.54) is 0 Å². The van der Waals surface area contributed by atoms with Crippen molar-refractivity contribution < 1.29 is 17.9 Å². The van der Waals surface area contributed by atoms with Crippen LogP contribution in [0.4, 0.5) is 0 Å². The Kier molecular flexibility index (Phi) is 7.27. The van der Waals surface area contributed by atoms with Gasteiger partial charge >= 0.3 is 0 Å². The highest BCUT2D eigenvalue weighted by molar-refractivity contribution is 7.89. The summed E-state index contributed by atoms with van der Waals surface area (Å²) in [5.41, 5.74) is 2.67. The van der Waals surface area contributed by atoms with E-state index in [9.17, 15) is 8.42 Å². The van der Waals surface area contributed by atoms with Crippen LogP contribution in [0.5, 0.6) is 11.5 Å². The maximum atomic E-state index is 12.6. The van der Waals surface area contributed by atoms with Gasteiger partial charge < -0.3 is 9.47 Å². The molecule has 5 nitrogen and oxygen atoms in total. The van der Waals surface area contributed by atoms with Gasteiger partial charge in [-0.1, -0.05) is 12.1 Å². The Hall–Kier alpha value is -2.05. The predicted molar refractivity (Wildman–Crippen MR) is 108 cm³/mol. The van der Waals surface area contributed by atoms with E-state index in [2.05, 4.69) is 4.72 Å². The van der Waals surface area contributed by atoms with Crippen molar-refractivity contribution in [2.75, 3.05) is 13.7 Å². The summed E-state index contributed by atoms with van der Waals surface area (Å²) in [6.45, 7) is 8.02. The van der Waals surface area contributed by atoms with Crippen LogP contribution in [-0.2, 0) is 16.4 Å². The summed E-state index contributed by atoms with van der Waals surface area (Å²) < 4.78 is 38.9. The zero-order chi connectivity index (χ0) is 20.0. The molecule has 0 radical (unpaired) electrons. The number of sulfonamides is 1. The molecular weight excluding hydrogens is 362 g/mol.